The number of hydrogen-bond acceptors (Lipinski definition) is 3. The van der Waals surface area contributed by atoms with Crippen LogP contribution in [-0.2, 0) is 0 Å². The van der Waals surface area contributed by atoms with E-state index in [0.717, 1.165) is 20.4 Å². The summed E-state index contributed by atoms with van der Waals surface area (Å²) in [6, 6.07) is 15.1. The van der Waals surface area contributed by atoms with E-state index >= 15 is 0 Å². The van der Waals surface area contributed by atoms with Crippen LogP contribution in [0.2, 0.25) is 5.02 Å². The van der Waals surface area contributed by atoms with E-state index in [-0.39, 0.29) is 25.1 Å². The van der Waals surface area contributed by atoms with Gasteiger partial charge >= 0.3 is 0 Å². The molecule has 2 nitrogen and oxygen atoms in total. The summed E-state index contributed by atoms with van der Waals surface area (Å²) in [4.78, 5) is 2.15. The summed E-state index contributed by atoms with van der Waals surface area (Å²) >= 11 is 7.47. The molecule has 0 amide bonds. The third kappa shape index (κ3) is 4.41. The molecule has 0 radical (unpaired) electrons. The highest BCUT2D eigenvalue weighted by molar-refractivity contribution is 7.99. The van der Waals surface area contributed by atoms with Crippen molar-refractivity contribution in [3.05, 3.63) is 59.1 Å². The van der Waals surface area contributed by atoms with E-state index in [1.165, 1.54) is 0 Å². The molecule has 0 heterocycles. The predicted molar refractivity (Wildman–Crippen MR) is 83.3 cm³/mol. The summed E-state index contributed by atoms with van der Waals surface area (Å²) < 4.78 is 0. The molecule has 0 saturated heterocycles. The van der Waals surface area contributed by atoms with Crippen LogP contribution in [0.1, 0.15) is 11.6 Å². The molecule has 19 heavy (non-hydrogen) atoms. The summed E-state index contributed by atoms with van der Waals surface area (Å²) in [7, 11) is 0. The molecule has 0 unspecified atom stereocenters. The van der Waals surface area contributed by atoms with Crippen LogP contribution in [0.5, 0.6) is 0 Å². The summed E-state index contributed by atoms with van der Waals surface area (Å²) in [6.07, 6.45) is 0. The van der Waals surface area contributed by atoms with Gasteiger partial charge in [-0.2, -0.15) is 0 Å². The Labute approximate surface area is 128 Å². The summed E-state index contributed by atoms with van der Waals surface area (Å²) in [5, 5.41) is 9.89. The average Bonchev–Trinajstić information content (AvgIpc) is 2.41. The van der Waals surface area contributed by atoms with Crippen LogP contribution in [-0.4, -0.2) is 11.7 Å². The van der Waals surface area contributed by atoms with Crippen LogP contribution in [0.4, 0.5) is 0 Å². The Bertz CT molecular complexity index is 519. The highest BCUT2D eigenvalue weighted by Crippen LogP contribution is 2.33. The van der Waals surface area contributed by atoms with Crippen LogP contribution in [0.15, 0.2) is 58.3 Å². The third-order valence-electron chi connectivity index (χ3n) is 2.56. The van der Waals surface area contributed by atoms with Gasteiger partial charge in [0.15, 0.2) is 0 Å². The van der Waals surface area contributed by atoms with Crippen LogP contribution < -0.4 is 5.73 Å². The van der Waals surface area contributed by atoms with Crippen LogP contribution >= 0.6 is 35.8 Å². The van der Waals surface area contributed by atoms with Gasteiger partial charge in [0.25, 0.3) is 0 Å². The molecule has 0 aliphatic rings. The quantitative estimate of drug-likeness (QED) is 0.899. The number of aliphatic hydroxyl groups excluding tert-OH is 1. The fourth-order valence-electron chi connectivity index (χ4n) is 1.61. The number of aliphatic hydroxyl groups is 1. The third-order valence-corrected chi connectivity index (χ3v) is 3.91. The van der Waals surface area contributed by atoms with Gasteiger partial charge in [0.05, 0.1) is 12.6 Å². The van der Waals surface area contributed by atoms with E-state index in [4.69, 9.17) is 22.4 Å². The zero-order valence-corrected chi connectivity index (χ0v) is 12.5. The predicted octanol–water partition coefficient (Wildman–Crippen LogP) is 3.91. The Hall–Kier alpha value is -0.710. The Morgan fingerprint density at radius 2 is 1.74 bits per heavy atom. The summed E-state index contributed by atoms with van der Waals surface area (Å²) in [6.45, 7) is -0.0574. The van der Waals surface area contributed by atoms with Gasteiger partial charge in [-0.1, -0.05) is 41.6 Å². The zero-order valence-electron chi connectivity index (χ0n) is 10.1. The number of rotatable bonds is 4. The molecule has 0 aliphatic heterocycles. The molecular weight excluding hydrogens is 301 g/mol. The molecule has 2 rings (SSSR count). The second-order valence-electron chi connectivity index (χ2n) is 3.88. The molecule has 2 aromatic rings. The van der Waals surface area contributed by atoms with Crippen LogP contribution in [0.3, 0.4) is 0 Å². The first-order chi connectivity index (χ1) is 8.70. The fraction of sp³-hybridized carbons (Fsp3) is 0.143. The molecular formula is C14H15Cl2NOS. The maximum absolute atomic E-state index is 9.16. The SMILES string of the molecule is Cl.N[C@@H](CO)c1ccccc1Sc1ccc(Cl)cc1. The number of halogens is 2. The lowest BCUT2D eigenvalue weighted by molar-refractivity contribution is 0.267. The molecule has 2 aromatic carbocycles. The van der Waals surface area contributed by atoms with E-state index in [0.29, 0.717) is 0 Å². The molecule has 0 bridgehead atoms. The monoisotopic (exact) mass is 315 g/mol. The van der Waals surface area contributed by atoms with E-state index in [1.54, 1.807) is 11.8 Å². The van der Waals surface area contributed by atoms with Crippen molar-refractivity contribution in [1.82, 2.24) is 0 Å². The lowest BCUT2D eigenvalue weighted by Crippen LogP contribution is -2.15. The van der Waals surface area contributed by atoms with E-state index in [1.807, 2.05) is 48.5 Å². The Morgan fingerprint density at radius 3 is 2.37 bits per heavy atom. The molecule has 0 spiro atoms. The van der Waals surface area contributed by atoms with Gasteiger partial charge in [0, 0.05) is 14.8 Å². The fourth-order valence-corrected chi connectivity index (χ4v) is 2.74. The lowest BCUT2D eigenvalue weighted by atomic mass is 10.1. The van der Waals surface area contributed by atoms with Crippen molar-refractivity contribution in [3.63, 3.8) is 0 Å². The maximum Gasteiger partial charge on any atom is 0.0624 e. The van der Waals surface area contributed by atoms with Gasteiger partial charge in [-0.3, -0.25) is 0 Å². The molecule has 0 aliphatic carbocycles. The molecule has 1 atom stereocenters. The van der Waals surface area contributed by atoms with E-state index < -0.39 is 0 Å². The maximum atomic E-state index is 9.16. The zero-order chi connectivity index (χ0) is 13.0. The molecule has 0 fully saturated rings. The first-order valence-electron chi connectivity index (χ1n) is 5.59. The first kappa shape index (κ1) is 16.3. The summed E-state index contributed by atoms with van der Waals surface area (Å²) in [5.41, 5.74) is 6.85. The summed E-state index contributed by atoms with van der Waals surface area (Å²) in [5.74, 6) is 0. The second-order valence-corrected chi connectivity index (χ2v) is 5.43. The highest BCUT2D eigenvalue weighted by Gasteiger charge is 2.10. The Kier molecular flexibility index (Phi) is 6.69. The van der Waals surface area contributed by atoms with Crippen molar-refractivity contribution in [2.75, 3.05) is 6.61 Å². The molecule has 0 saturated carbocycles. The van der Waals surface area contributed by atoms with Gasteiger partial charge in [-0.15, -0.1) is 12.4 Å². The van der Waals surface area contributed by atoms with Gasteiger partial charge in [-0.05, 0) is 35.9 Å². The standard InChI is InChI=1S/C14H14ClNOS.ClH/c15-10-5-7-11(8-6-10)18-14-4-2-1-3-12(14)13(16)9-17;/h1-8,13,17H,9,16H2;1H/t13-;/m0./s1. The average molecular weight is 316 g/mol. The smallest absolute Gasteiger partial charge is 0.0624 e. The largest absolute Gasteiger partial charge is 0.394 e. The normalized spacial score (nSPS) is 11.7. The Morgan fingerprint density at radius 1 is 1.11 bits per heavy atom. The van der Waals surface area contributed by atoms with Gasteiger partial charge < -0.3 is 10.8 Å². The molecule has 0 aromatic heterocycles. The van der Waals surface area contributed by atoms with Crippen molar-refractivity contribution in [2.45, 2.75) is 15.8 Å². The number of nitrogens with two attached hydrogens (primary N) is 1. The van der Waals surface area contributed by atoms with Crippen molar-refractivity contribution in [1.29, 1.82) is 0 Å². The van der Waals surface area contributed by atoms with Crippen molar-refractivity contribution < 1.29 is 5.11 Å². The minimum Gasteiger partial charge on any atom is -0.394 e. The van der Waals surface area contributed by atoms with Crippen LogP contribution in [0.25, 0.3) is 0 Å². The minimum absolute atomic E-state index is 0. The molecule has 102 valence electrons. The van der Waals surface area contributed by atoms with Gasteiger partial charge in [0.2, 0.25) is 0 Å². The van der Waals surface area contributed by atoms with Crippen LogP contribution in [0, 0.1) is 0 Å². The highest BCUT2D eigenvalue weighted by atomic mass is 35.5. The van der Waals surface area contributed by atoms with Crippen molar-refractivity contribution >= 4 is 35.8 Å². The van der Waals surface area contributed by atoms with E-state index in [2.05, 4.69) is 0 Å². The first-order valence-corrected chi connectivity index (χ1v) is 6.79. The van der Waals surface area contributed by atoms with Gasteiger partial charge in [-0.25, -0.2) is 0 Å². The second kappa shape index (κ2) is 7.78. The molecule has 5 heteroatoms. The molecule has 3 N–H and O–H groups in total. The number of hydrogen-bond donors (Lipinski definition) is 2. The van der Waals surface area contributed by atoms with E-state index in [9.17, 15) is 0 Å². The van der Waals surface area contributed by atoms with Crippen molar-refractivity contribution in [3.8, 4) is 0 Å². The minimum atomic E-state index is -0.346. The lowest BCUT2D eigenvalue weighted by Gasteiger charge is -2.13. The number of benzene rings is 2. The van der Waals surface area contributed by atoms with Crippen molar-refractivity contribution in [2.24, 2.45) is 5.73 Å². The Balaban J connectivity index is 0.00000180. The van der Waals surface area contributed by atoms with Gasteiger partial charge in [0.1, 0.15) is 0 Å². The topological polar surface area (TPSA) is 46.2 Å².